The number of carbonyl (C=O) groups is 1. The van der Waals surface area contributed by atoms with E-state index in [1.54, 1.807) is 0 Å². The van der Waals surface area contributed by atoms with Gasteiger partial charge in [-0.2, -0.15) is 0 Å². The van der Waals surface area contributed by atoms with Crippen LogP contribution in [0.5, 0.6) is 0 Å². The van der Waals surface area contributed by atoms with Crippen LogP contribution in [0.3, 0.4) is 0 Å². The molecule has 1 heterocycles. The highest BCUT2D eigenvalue weighted by atomic mass is 16.5. The van der Waals surface area contributed by atoms with Gasteiger partial charge in [-0.3, -0.25) is 4.79 Å². The molecular formula is C10H20N2O2. The molecule has 4 heteroatoms. The second-order valence-electron chi connectivity index (χ2n) is 3.75. The first-order valence-electron chi connectivity index (χ1n) is 5.35. The first-order chi connectivity index (χ1) is 6.74. The smallest absolute Gasteiger partial charge is 0.224 e. The molecule has 0 bridgehead atoms. The Labute approximate surface area is 85.4 Å². The lowest BCUT2D eigenvalue weighted by atomic mass is 10.3. The molecule has 0 aromatic rings. The first-order valence-corrected chi connectivity index (χ1v) is 5.35. The maximum absolute atomic E-state index is 11.5. The topological polar surface area (TPSA) is 55.6 Å². The molecule has 0 aromatic carbocycles. The highest BCUT2D eigenvalue weighted by Crippen LogP contribution is 2.08. The van der Waals surface area contributed by atoms with Gasteiger partial charge in [0, 0.05) is 25.7 Å². The maximum atomic E-state index is 11.5. The quantitative estimate of drug-likeness (QED) is 0.652. The number of likely N-dealkylation sites (tertiary alicyclic amines) is 1. The summed E-state index contributed by atoms with van der Waals surface area (Å²) in [5, 5.41) is 0. The lowest BCUT2D eigenvalue weighted by molar-refractivity contribution is -0.131. The van der Waals surface area contributed by atoms with Gasteiger partial charge >= 0.3 is 0 Å². The lowest BCUT2D eigenvalue weighted by Crippen LogP contribution is -2.32. The van der Waals surface area contributed by atoms with Crippen LogP contribution < -0.4 is 5.73 Å². The first kappa shape index (κ1) is 11.5. The predicted octanol–water partition coefficient (Wildman–Crippen LogP) is 0.363. The molecule has 0 radical (unpaired) electrons. The molecule has 2 N–H and O–H groups in total. The number of carbonyl (C=O) groups excluding carboxylic acids is 1. The third kappa shape index (κ3) is 3.64. The van der Waals surface area contributed by atoms with Crippen molar-refractivity contribution in [2.45, 2.75) is 32.2 Å². The summed E-state index contributed by atoms with van der Waals surface area (Å²) < 4.78 is 5.26. The van der Waals surface area contributed by atoms with Crippen LogP contribution in [0, 0.1) is 0 Å². The molecule has 82 valence electrons. The van der Waals surface area contributed by atoms with Crippen LogP contribution in [0.1, 0.15) is 26.2 Å². The third-order valence-electron chi connectivity index (χ3n) is 2.39. The number of hydrogen-bond donors (Lipinski definition) is 1. The normalized spacial score (nSPS) is 21.6. The Bertz CT molecular complexity index is 185. The van der Waals surface area contributed by atoms with Gasteiger partial charge in [0.2, 0.25) is 5.91 Å². The Balaban J connectivity index is 2.09. The van der Waals surface area contributed by atoms with E-state index >= 15 is 0 Å². The second-order valence-corrected chi connectivity index (χ2v) is 3.75. The summed E-state index contributed by atoms with van der Waals surface area (Å²) in [5.41, 5.74) is 5.71. The lowest BCUT2D eigenvalue weighted by Gasteiger charge is -2.15. The molecule has 1 amide bonds. The van der Waals surface area contributed by atoms with Crippen molar-refractivity contribution in [1.82, 2.24) is 4.90 Å². The van der Waals surface area contributed by atoms with E-state index in [9.17, 15) is 4.79 Å². The minimum absolute atomic E-state index is 0.175. The number of hydrogen-bond acceptors (Lipinski definition) is 3. The Morgan fingerprint density at radius 3 is 2.93 bits per heavy atom. The molecule has 0 spiro atoms. The average molecular weight is 200 g/mol. The third-order valence-corrected chi connectivity index (χ3v) is 2.39. The number of rotatable bonds is 5. The average Bonchev–Trinajstić information content (AvgIpc) is 2.59. The van der Waals surface area contributed by atoms with E-state index < -0.39 is 0 Å². The molecule has 1 saturated heterocycles. The van der Waals surface area contributed by atoms with Gasteiger partial charge in [-0.1, -0.05) is 6.92 Å². The molecule has 0 aliphatic carbocycles. The fraction of sp³-hybridized carbons (Fsp3) is 0.900. The second kappa shape index (κ2) is 5.98. The number of amides is 1. The molecule has 0 unspecified atom stereocenters. The summed E-state index contributed by atoms with van der Waals surface area (Å²) in [6, 6.07) is 0.176. The number of nitrogens with zero attached hydrogens (tertiary/aromatic N) is 1. The highest BCUT2D eigenvalue weighted by molar-refractivity contribution is 5.76. The Hall–Kier alpha value is -0.610. The van der Waals surface area contributed by atoms with Crippen molar-refractivity contribution in [3.63, 3.8) is 0 Å². The number of nitrogens with two attached hydrogens (primary N) is 1. The van der Waals surface area contributed by atoms with Gasteiger partial charge < -0.3 is 15.4 Å². The van der Waals surface area contributed by atoms with E-state index in [1.807, 2.05) is 4.90 Å². The summed E-state index contributed by atoms with van der Waals surface area (Å²) in [6.45, 7) is 4.87. The van der Waals surface area contributed by atoms with Crippen molar-refractivity contribution in [2.75, 3.05) is 26.3 Å². The van der Waals surface area contributed by atoms with Crippen molar-refractivity contribution in [3.8, 4) is 0 Å². The zero-order chi connectivity index (χ0) is 10.4. The van der Waals surface area contributed by atoms with Crippen LogP contribution in [-0.4, -0.2) is 43.2 Å². The Morgan fingerprint density at radius 2 is 2.36 bits per heavy atom. The summed E-state index contributed by atoms with van der Waals surface area (Å²) in [4.78, 5) is 13.4. The number of ether oxygens (including phenoxy) is 1. The van der Waals surface area contributed by atoms with Crippen molar-refractivity contribution in [3.05, 3.63) is 0 Å². The van der Waals surface area contributed by atoms with E-state index in [2.05, 4.69) is 6.92 Å². The maximum Gasteiger partial charge on any atom is 0.224 e. The monoisotopic (exact) mass is 200 g/mol. The Kier molecular flexibility index (Phi) is 4.90. The van der Waals surface area contributed by atoms with Crippen LogP contribution >= 0.6 is 0 Å². The van der Waals surface area contributed by atoms with Crippen molar-refractivity contribution in [2.24, 2.45) is 5.73 Å². The predicted molar refractivity (Wildman–Crippen MR) is 54.9 cm³/mol. The zero-order valence-corrected chi connectivity index (χ0v) is 8.87. The van der Waals surface area contributed by atoms with Crippen molar-refractivity contribution >= 4 is 5.91 Å². The Morgan fingerprint density at radius 1 is 1.57 bits per heavy atom. The molecule has 1 aliphatic rings. The fourth-order valence-corrected chi connectivity index (χ4v) is 1.58. The van der Waals surface area contributed by atoms with Crippen LogP contribution in [0.4, 0.5) is 0 Å². The van der Waals surface area contributed by atoms with Gasteiger partial charge in [-0.15, -0.1) is 0 Å². The molecule has 14 heavy (non-hydrogen) atoms. The van der Waals surface area contributed by atoms with Crippen LogP contribution in [0.25, 0.3) is 0 Å². The van der Waals surface area contributed by atoms with Gasteiger partial charge in [-0.25, -0.2) is 0 Å². The molecule has 1 atom stereocenters. The molecule has 1 fully saturated rings. The minimum atomic E-state index is 0.175. The summed E-state index contributed by atoms with van der Waals surface area (Å²) in [5.74, 6) is 0.175. The standard InChI is InChI=1S/C10H20N2O2/c1-2-6-14-7-4-10(13)12-5-3-9(11)8-12/h9H,2-8,11H2,1H3/t9-/m1/s1. The van der Waals surface area contributed by atoms with Crippen molar-refractivity contribution < 1.29 is 9.53 Å². The summed E-state index contributed by atoms with van der Waals surface area (Å²) in [6.07, 6.45) is 2.43. The van der Waals surface area contributed by atoms with Gasteiger partial charge in [0.25, 0.3) is 0 Å². The van der Waals surface area contributed by atoms with E-state index in [1.165, 1.54) is 0 Å². The molecule has 4 nitrogen and oxygen atoms in total. The van der Waals surface area contributed by atoms with Crippen LogP contribution in [-0.2, 0) is 9.53 Å². The van der Waals surface area contributed by atoms with Gasteiger partial charge in [0.1, 0.15) is 0 Å². The fourth-order valence-electron chi connectivity index (χ4n) is 1.58. The minimum Gasteiger partial charge on any atom is -0.381 e. The molecule has 0 aromatic heterocycles. The van der Waals surface area contributed by atoms with Gasteiger partial charge in [-0.05, 0) is 12.8 Å². The zero-order valence-electron chi connectivity index (χ0n) is 8.87. The van der Waals surface area contributed by atoms with Gasteiger partial charge in [0.05, 0.1) is 13.0 Å². The summed E-state index contributed by atoms with van der Waals surface area (Å²) in [7, 11) is 0. The SMILES string of the molecule is CCCOCCC(=O)N1CC[C@@H](N)C1. The van der Waals surface area contributed by atoms with Crippen molar-refractivity contribution in [1.29, 1.82) is 0 Å². The molecular weight excluding hydrogens is 180 g/mol. The summed E-state index contributed by atoms with van der Waals surface area (Å²) >= 11 is 0. The molecule has 0 saturated carbocycles. The van der Waals surface area contributed by atoms with Gasteiger partial charge in [0.15, 0.2) is 0 Å². The molecule has 1 aliphatic heterocycles. The van der Waals surface area contributed by atoms with E-state index in [0.29, 0.717) is 19.6 Å². The van der Waals surface area contributed by atoms with E-state index in [-0.39, 0.29) is 11.9 Å². The largest absolute Gasteiger partial charge is 0.381 e. The van der Waals surface area contributed by atoms with Crippen LogP contribution in [0.15, 0.2) is 0 Å². The van der Waals surface area contributed by atoms with E-state index in [0.717, 1.165) is 26.0 Å². The van der Waals surface area contributed by atoms with Crippen LogP contribution in [0.2, 0.25) is 0 Å². The highest BCUT2D eigenvalue weighted by Gasteiger charge is 2.22. The molecule has 1 rings (SSSR count). The van der Waals surface area contributed by atoms with E-state index in [4.69, 9.17) is 10.5 Å².